The van der Waals surface area contributed by atoms with Crippen LogP contribution in [-0.4, -0.2) is 19.5 Å². The number of hydrogen-bond donors (Lipinski definition) is 0. The van der Waals surface area contributed by atoms with Crippen LogP contribution >= 0.6 is 0 Å². The molecule has 6 heteroatoms. The summed E-state index contributed by atoms with van der Waals surface area (Å²) in [4.78, 5) is 13.8. The van der Waals surface area contributed by atoms with E-state index in [4.69, 9.17) is 17.6 Å². The van der Waals surface area contributed by atoms with Gasteiger partial charge >= 0.3 is 0 Å². The van der Waals surface area contributed by atoms with E-state index in [2.05, 4.69) is 143 Å². The molecule has 10 aromatic rings. The van der Waals surface area contributed by atoms with Crippen LogP contribution in [0.5, 0.6) is 0 Å². The number of imidazole rings is 1. The molecule has 0 atom stereocenters. The second kappa shape index (κ2) is 17.6. The summed E-state index contributed by atoms with van der Waals surface area (Å²) in [5.41, 5.74) is 15.1. The molecule has 0 N–H and O–H groups in total. The van der Waals surface area contributed by atoms with Gasteiger partial charge in [0.15, 0.2) is 0 Å². The van der Waals surface area contributed by atoms with E-state index < -0.39 is 13.7 Å². The van der Waals surface area contributed by atoms with Crippen LogP contribution in [0.2, 0.25) is 0 Å². The van der Waals surface area contributed by atoms with Crippen molar-refractivity contribution < 1.29 is 32.7 Å². The number of nitrogens with zero attached hydrogens (tertiary/aromatic N) is 4. The molecule has 67 heavy (non-hydrogen) atoms. The normalized spacial score (nSPS) is 15.3. The maximum Gasteiger partial charge on any atom is 0.121 e. The van der Waals surface area contributed by atoms with Gasteiger partial charge in [0.05, 0.1) is 22.4 Å². The Kier molecular flexibility index (Phi) is 10.2. The Bertz CT molecular complexity index is 3580. The van der Waals surface area contributed by atoms with Crippen molar-refractivity contribution in [2.24, 2.45) is 0 Å². The Morgan fingerprint density at radius 1 is 0.597 bits per heavy atom. The van der Waals surface area contributed by atoms with Gasteiger partial charge in [0, 0.05) is 57.0 Å². The first-order valence-corrected chi connectivity index (χ1v) is 22.7. The van der Waals surface area contributed by atoms with Gasteiger partial charge in [-0.05, 0) is 124 Å². The minimum Gasteiger partial charge on any atom is -0.501 e. The van der Waals surface area contributed by atoms with Crippen LogP contribution in [0.1, 0.15) is 109 Å². The smallest absolute Gasteiger partial charge is 0.121 e. The Balaban J connectivity index is 0.000000290. The average molecular weight is 1060 g/mol. The molecular weight excluding hydrogens is 997 g/mol. The SMILES string of the molecule is CC1(C)c2ccc[c-]c2-c2ncccc2C1(C)C.[2H]C([2H])([2H])c1cc(-c2ccc3c(c2)oc2c(-c4nc5ccccc5n4-c4c(C(C)C)cc(-c5ccccc5)cc4C(C)C)[c-]ccc23)cc(C([2H])([2H])[2H])n1.[Ir]. The first kappa shape index (κ1) is 38.6. The Labute approximate surface area is 417 Å². The zero-order chi connectivity index (χ0) is 51.1. The van der Waals surface area contributed by atoms with Crippen LogP contribution in [0.25, 0.3) is 83.6 Å². The maximum atomic E-state index is 7.94. The molecule has 0 unspecified atom stereocenters. The number of pyridine rings is 2. The summed E-state index contributed by atoms with van der Waals surface area (Å²) in [5.74, 6) is 1.10. The molecule has 6 aromatic carbocycles. The number of aryl methyl sites for hydroxylation is 2. The number of furan rings is 1. The monoisotopic (exact) mass is 1060 g/mol. The molecule has 0 saturated carbocycles. The quantitative estimate of drug-likeness (QED) is 0.156. The minimum atomic E-state index is -2.58. The van der Waals surface area contributed by atoms with Crippen molar-refractivity contribution in [3.05, 3.63) is 191 Å². The van der Waals surface area contributed by atoms with Crippen LogP contribution in [0.15, 0.2) is 150 Å². The van der Waals surface area contributed by atoms with Crippen molar-refractivity contribution in [2.45, 2.75) is 91.8 Å². The number of fused-ring (bicyclic) bond motifs is 7. The van der Waals surface area contributed by atoms with Crippen molar-refractivity contribution in [3.8, 4) is 50.6 Å². The third kappa shape index (κ3) is 7.84. The second-order valence-corrected chi connectivity index (χ2v) is 19.1. The van der Waals surface area contributed by atoms with E-state index in [1.807, 2.05) is 72.9 Å². The van der Waals surface area contributed by atoms with E-state index in [1.54, 1.807) is 0 Å². The van der Waals surface area contributed by atoms with E-state index >= 15 is 0 Å². The summed E-state index contributed by atoms with van der Waals surface area (Å²) in [5, 5.41) is 1.73. The van der Waals surface area contributed by atoms with Gasteiger partial charge in [0.2, 0.25) is 0 Å². The summed E-state index contributed by atoms with van der Waals surface area (Å²) in [6, 6.07) is 52.9. The van der Waals surface area contributed by atoms with Crippen LogP contribution in [0.4, 0.5) is 0 Å². The van der Waals surface area contributed by atoms with E-state index in [0.29, 0.717) is 33.7 Å². The van der Waals surface area contributed by atoms with Crippen molar-refractivity contribution in [1.82, 2.24) is 19.5 Å². The Morgan fingerprint density at radius 2 is 1.25 bits per heavy atom. The zero-order valence-electron chi connectivity index (χ0n) is 45.0. The molecular formula is C61H56IrN4O-2. The summed E-state index contributed by atoms with van der Waals surface area (Å²) < 4.78 is 56.6. The predicted octanol–water partition coefficient (Wildman–Crippen LogP) is 16.1. The molecule has 0 fully saturated rings. The molecule has 0 saturated heterocycles. The van der Waals surface area contributed by atoms with E-state index in [1.165, 1.54) is 45.5 Å². The second-order valence-electron chi connectivity index (χ2n) is 19.1. The Morgan fingerprint density at radius 3 is 1.97 bits per heavy atom. The average Bonchev–Trinajstić information content (AvgIpc) is 3.94. The number of benzene rings is 6. The van der Waals surface area contributed by atoms with Crippen molar-refractivity contribution in [1.29, 1.82) is 0 Å². The van der Waals surface area contributed by atoms with Crippen LogP contribution in [0.3, 0.4) is 0 Å². The largest absolute Gasteiger partial charge is 0.501 e. The van der Waals surface area contributed by atoms with Gasteiger partial charge in [-0.2, -0.15) is 0 Å². The molecule has 0 spiro atoms. The van der Waals surface area contributed by atoms with Crippen molar-refractivity contribution >= 4 is 33.0 Å². The van der Waals surface area contributed by atoms with Gasteiger partial charge in [0.25, 0.3) is 0 Å². The predicted molar refractivity (Wildman–Crippen MR) is 273 cm³/mol. The number of rotatable bonds is 6. The first-order valence-electron chi connectivity index (χ1n) is 25.7. The van der Waals surface area contributed by atoms with Crippen molar-refractivity contribution in [3.63, 3.8) is 0 Å². The van der Waals surface area contributed by atoms with E-state index in [9.17, 15) is 0 Å². The molecule has 1 radical (unpaired) electrons. The fourth-order valence-corrected chi connectivity index (χ4v) is 9.76. The number of hydrogen-bond acceptors (Lipinski definition) is 4. The summed E-state index contributed by atoms with van der Waals surface area (Å²) >= 11 is 0. The molecule has 0 bridgehead atoms. The van der Waals surface area contributed by atoms with Crippen LogP contribution in [0, 0.1) is 25.8 Å². The molecule has 1 aliphatic rings. The van der Waals surface area contributed by atoms with Crippen LogP contribution < -0.4 is 0 Å². The Hall–Kier alpha value is -6.46. The molecule has 4 heterocycles. The summed E-state index contributed by atoms with van der Waals surface area (Å²) in [6.45, 7) is 13.0. The summed E-state index contributed by atoms with van der Waals surface area (Å²) in [6.07, 6.45) is 1.87. The summed E-state index contributed by atoms with van der Waals surface area (Å²) in [7, 11) is 0. The van der Waals surface area contributed by atoms with Gasteiger partial charge in [-0.25, -0.2) is 0 Å². The topological polar surface area (TPSA) is 56.7 Å². The van der Waals surface area contributed by atoms with Gasteiger partial charge in [-0.1, -0.05) is 133 Å². The van der Waals surface area contributed by atoms with E-state index in [0.717, 1.165) is 38.8 Å². The minimum absolute atomic E-state index is 0. The molecule has 11 rings (SSSR count). The van der Waals surface area contributed by atoms with E-state index in [-0.39, 0.29) is 54.2 Å². The molecule has 0 aliphatic heterocycles. The third-order valence-electron chi connectivity index (χ3n) is 13.9. The fraction of sp³-hybridized carbons (Fsp3) is 0.230. The molecule has 0 amide bonds. The zero-order valence-corrected chi connectivity index (χ0v) is 41.4. The fourth-order valence-electron chi connectivity index (χ4n) is 9.76. The number of para-hydroxylation sites is 2. The van der Waals surface area contributed by atoms with Gasteiger partial charge in [0.1, 0.15) is 5.58 Å². The van der Waals surface area contributed by atoms with Gasteiger partial charge in [-0.3, -0.25) is 9.97 Å². The molecule has 5 nitrogen and oxygen atoms in total. The standard InChI is InChI=1S/C44H38N3O.C17H18N.Ir/c1-26(2)37-23-33(30-13-8-7-9-14-30)24-38(27(3)4)42(37)47-40-18-11-10-17-39(40)46-44(47)36-16-12-15-35-34-20-19-31(25-41(34)48-43(35)36)32-21-28(5)45-29(6)22-32;1-16(2)13-9-6-5-8-12(13)15-14(17(16,3)4)10-7-11-18-15;/h7-15,17-27H,1-6H3;5-7,9-11H,1-4H3;/q2*-1;/i5D3,6D3;;. The molecule has 337 valence electrons. The van der Waals surface area contributed by atoms with Gasteiger partial charge in [-0.15, -0.1) is 53.6 Å². The maximum absolute atomic E-state index is 7.94. The van der Waals surface area contributed by atoms with Gasteiger partial charge < -0.3 is 14.0 Å². The first-order chi connectivity index (χ1) is 34.1. The third-order valence-corrected chi connectivity index (χ3v) is 13.9. The van der Waals surface area contributed by atoms with Crippen LogP contribution in [-0.2, 0) is 30.9 Å². The van der Waals surface area contributed by atoms with Crippen molar-refractivity contribution in [2.75, 3.05) is 0 Å². The number of aromatic nitrogens is 4. The molecule has 4 aromatic heterocycles. The molecule has 1 aliphatic carbocycles.